The monoisotopic (exact) mass is 589 g/mol. The number of aryl methyl sites for hydroxylation is 1. The average molecular weight is 590 g/mol. The Morgan fingerprint density at radius 3 is 2.58 bits per heavy atom. The van der Waals surface area contributed by atoms with Crippen LogP contribution in [0.5, 0.6) is 0 Å². The number of alkyl halides is 3. The van der Waals surface area contributed by atoms with E-state index in [-0.39, 0.29) is 28.0 Å². The predicted octanol–water partition coefficient (Wildman–Crippen LogP) is 4.33. The van der Waals surface area contributed by atoms with Crippen molar-refractivity contribution in [1.29, 1.82) is 0 Å². The number of aromatic nitrogens is 3. The highest BCUT2D eigenvalue weighted by Crippen LogP contribution is 2.45. The van der Waals surface area contributed by atoms with Gasteiger partial charge in [-0.05, 0) is 43.7 Å². The number of carbonyl (C=O) groups is 1. The van der Waals surface area contributed by atoms with Crippen LogP contribution in [0.2, 0.25) is 10.0 Å². The van der Waals surface area contributed by atoms with Gasteiger partial charge in [0.25, 0.3) is 5.91 Å². The molecule has 1 aromatic carbocycles. The molecule has 0 spiro atoms. The van der Waals surface area contributed by atoms with Crippen molar-refractivity contribution in [3.8, 4) is 5.82 Å². The molecule has 0 bridgehead atoms. The second kappa shape index (κ2) is 9.19. The van der Waals surface area contributed by atoms with Gasteiger partial charge in [0, 0.05) is 28.4 Å². The van der Waals surface area contributed by atoms with E-state index in [4.69, 9.17) is 27.9 Å². The first-order valence-electron chi connectivity index (χ1n) is 11.2. The first-order chi connectivity index (χ1) is 17.7. The molecular formula is C23H20Cl2F3N5O4S. The largest absolute Gasteiger partial charge is 0.435 e. The zero-order chi connectivity index (χ0) is 27.6. The Morgan fingerprint density at radius 1 is 1.24 bits per heavy atom. The van der Waals surface area contributed by atoms with Crippen molar-refractivity contribution >= 4 is 44.6 Å². The second-order valence-corrected chi connectivity index (χ2v) is 12.4. The van der Waals surface area contributed by atoms with Gasteiger partial charge in [0.2, 0.25) is 0 Å². The maximum Gasteiger partial charge on any atom is 0.435 e. The van der Waals surface area contributed by atoms with Gasteiger partial charge in [-0.3, -0.25) is 10.1 Å². The van der Waals surface area contributed by atoms with Crippen LogP contribution in [0, 0.1) is 6.92 Å². The maximum absolute atomic E-state index is 13.5. The molecule has 2 fully saturated rings. The van der Waals surface area contributed by atoms with Gasteiger partial charge in [0.15, 0.2) is 21.3 Å². The number of epoxide rings is 1. The fourth-order valence-electron chi connectivity index (χ4n) is 4.53. The number of pyridine rings is 1. The molecule has 2 atom stereocenters. The zero-order valence-electron chi connectivity index (χ0n) is 19.8. The van der Waals surface area contributed by atoms with Gasteiger partial charge in [-0.15, -0.1) is 0 Å². The lowest BCUT2D eigenvalue weighted by Crippen LogP contribution is -2.62. The van der Waals surface area contributed by atoms with Gasteiger partial charge in [0.1, 0.15) is 18.0 Å². The molecule has 2 aliphatic rings. The molecule has 2 aromatic heterocycles. The number of benzene rings is 1. The molecule has 5 rings (SSSR count). The number of nitrogens with one attached hydrogen (secondary N) is 2. The molecule has 2 unspecified atom stereocenters. The van der Waals surface area contributed by atoms with E-state index in [1.54, 1.807) is 26.0 Å². The second-order valence-electron chi connectivity index (χ2n) is 9.49. The van der Waals surface area contributed by atoms with Gasteiger partial charge in [-0.2, -0.15) is 18.3 Å². The van der Waals surface area contributed by atoms with E-state index in [1.165, 1.54) is 18.3 Å². The summed E-state index contributed by atoms with van der Waals surface area (Å²) in [6.07, 6.45) is -4.64. The summed E-state index contributed by atoms with van der Waals surface area (Å²) in [5.74, 6) is -1.12. The number of rotatable bonds is 6. The Kier molecular flexibility index (Phi) is 6.50. The van der Waals surface area contributed by atoms with Crippen LogP contribution >= 0.6 is 23.2 Å². The number of halogens is 5. The standard InChI is InChI=1S/C23H20Cl2F3N5O4S/c1-11-6-12(24)7-13(18-21(37-18)31-22(2)9-38(35,36)10-22)17(11)30-20(34)15-8-16(23(26,27)28)32-33(15)19-14(25)4-3-5-29-19/h3-8,18,21,31H,9-10H2,1-2H3,(H,30,34). The summed E-state index contributed by atoms with van der Waals surface area (Å²) in [6, 6.07) is 6.67. The lowest BCUT2D eigenvalue weighted by atomic mass is 10.0. The van der Waals surface area contributed by atoms with Crippen molar-refractivity contribution in [2.24, 2.45) is 0 Å². The van der Waals surface area contributed by atoms with Crippen LogP contribution in [0.3, 0.4) is 0 Å². The van der Waals surface area contributed by atoms with Crippen molar-refractivity contribution < 1.29 is 31.1 Å². The number of hydrogen-bond acceptors (Lipinski definition) is 7. The maximum atomic E-state index is 13.5. The van der Waals surface area contributed by atoms with E-state index < -0.39 is 51.2 Å². The molecule has 4 heterocycles. The molecule has 202 valence electrons. The lowest BCUT2D eigenvalue weighted by molar-refractivity contribution is -0.141. The highest BCUT2D eigenvalue weighted by molar-refractivity contribution is 7.93. The summed E-state index contributed by atoms with van der Waals surface area (Å²) in [4.78, 5) is 17.3. The number of carbonyl (C=O) groups excluding carboxylic acids is 1. The molecule has 15 heteroatoms. The van der Waals surface area contributed by atoms with Crippen LogP contribution in [-0.2, 0) is 20.8 Å². The van der Waals surface area contributed by atoms with E-state index in [9.17, 15) is 26.4 Å². The highest BCUT2D eigenvalue weighted by Gasteiger charge is 2.52. The Hall–Kier alpha value is -2.71. The summed E-state index contributed by atoms with van der Waals surface area (Å²) in [6.45, 7) is 3.44. The van der Waals surface area contributed by atoms with Crippen molar-refractivity contribution in [3.05, 3.63) is 69.1 Å². The van der Waals surface area contributed by atoms with Gasteiger partial charge in [-0.25, -0.2) is 18.1 Å². The number of sulfone groups is 1. The third kappa shape index (κ3) is 5.25. The van der Waals surface area contributed by atoms with Gasteiger partial charge in [-0.1, -0.05) is 23.2 Å². The number of amides is 1. The highest BCUT2D eigenvalue weighted by atomic mass is 35.5. The first kappa shape index (κ1) is 26.9. The summed E-state index contributed by atoms with van der Waals surface area (Å²) >= 11 is 12.4. The minimum atomic E-state index is -4.82. The number of nitrogens with zero attached hydrogens (tertiary/aromatic N) is 3. The topological polar surface area (TPSA) is 119 Å². The summed E-state index contributed by atoms with van der Waals surface area (Å²) < 4.78 is 70.2. The minimum Gasteiger partial charge on any atom is -0.348 e. The third-order valence-corrected chi connectivity index (χ3v) is 8.77. The van der Waals surface area contributed by atoms with Crippen LogP contribution in [0.4, 0.5) is 18.9 Å². The number of ether oxygens (including phenoxy) is 1. The quantitative estimate of drug-likeness (QED) is 0.411. The Morgan fingerprint density at radius 2 is 1.95 bits per heavy atom. The SMILES string of the molecule is Cc1cc(Cl)cc(C2OC2NC2(C)CS(=O)(=O)C2)c1NC(=O)c1cc(C(F)(F)F)nn1-c1ncccc1Cl. The van der Waals surface area contributed by atoms with Crippen molar-refractivity contribution in [1.82, 2.24) is 20.1 Å². The van der Waals surface area contributed by atoms with E-state index in [2.05, 4.69) is 20.7 Å². The summed E-state index contributed by atoms with van der Waals surface area (Å²) in [7, 11) is -3.09. The molecule has 2 aliphatic heterocycles. The molecule has 2 N–H and O–H groups in total. The predicted molar refractivity (Wildman–Crippen MR) is 133 cm³/mol. The van der Waals surface area contributed by atoms with E-state index in [0.717, 1.165) is 4.68 Å². The van der Waals surface area contributed by atoms with E-state index in [0.29, 0.717) is 22.2 Å². The molecule has 0 saturated carbocycles. The Balaban J connectivity index is 1.46. The van der Waals surface area contributed by atoms with Gasteiger partial charge >= 0.3 is 6.18 Å². The van der Waals surface area contributed by atoms with Crippen molar-refractivity contribution in [3.63, 3.8) is 0 Å². The van der Waals surface area contributed by atoms with Crippen molar-refractivity contribution in [2.45, 2.75) is 37.9 Å². The summed E-state index contributed by atoms with van der Waals surface area (Å²) in [5.41, 5.74) is -1.10. The van der Waals surface area contributed by atoms with Gasteiger partial charge < -0.3 is 10.1 Å². The van der Waals surface area contributed by atoms with Crippen molar-refractivity contribution in [2.75, 3.05) is 16.8 Å². The fourth-order valence-corrected chi connectivity index (χ4v) is 7.04. The Bertz CT molecular complexity index is 1550. The molecule has 38 heavy (non-hydrogen) atoms. The molecule has 9 nitrogen and oxygen atoms in total. The molecular weight excluding hydrogens is 570 g/mol. The first-order valence-corrected chi connectivity index (χ1v) is 13.8. The minimum absolute atomic E-state index is 0.00598. The fraction of sp³-hybridized carbons (Fsp3) is 0.348. The van der Waals surface area contributed by atoms with Gasteiger partial charge in [0.05, 0.1) is 22.2 Å². The lowest BCUT2D eigenvalue weighted by Gasteiger charge is -2.38. The zero-order valence-corrected chi connectivity index (χ0v) is 22.1. The van der Waals surface area contributed by atoms with Crippen LogP contribution in [-0.4, -0.2) is 52.4 Å². The number of anilines is 1. The molecule has 1 amide bonds. The third-order valence-electron chi connectivity index (χ3n) is 6.11. The smallest absolute Gasteiger partial charge is 0.348 e. The average Bonchev–Trinajstić information content (AvgIpc) is 3.36. The van der Waals surface area contributed by atoms with E-state index >= 15 is 0 Å². The van der Waals surface area contributed by atoms with E-state index in [1.807, 2.05) is 0 Å². The molecule has 2 saturated heterocycles. The normalized spacial score (nSPS) is 21.6. The van der Waals surface area contributed by atoms with Crippen LogP contribution < -0.4 is 10.6 Å². The number of hydrogen-bond donors (Lipinski definition) is 2. The van der Waals surface area contributed by atoms with Crippen LogP contribution in [0.15, 0.2) is 36.5 Å². The molecule has 3 aromatic rings. The van der Waals surface area contributed by atoms with Crippen LogP contribution in [0.1, 0.15) is 40.3 Å². The molecule has 0 aliphatic carbocycles. The summed E-state index contributed by atoms with van der Waals surface area (Å²) in [5, 5.41) is 9.71. The van der Waals surface area contributed by atoms with Crippen LogP contribution in [0.25, 0.3) is 5.82 Å². The Labute approximate surface area is 225 Å². The molecule has 0 radical (unpaired) electrons.